The minimum absolute atomic E-state index is 0.0399. The molecule has 2 aromatic rings. The van der Waals surface area contributed by atoms with Gasteiger partial charge < -0.3 is 15.2 Å². The Hall–Kier alpha value is -1.78. The van der Waals surface area contributed by atoms with E-state index >= 15 is 0 Å². The molecule has 0 radical (unpaired) electrons. The third-order valence-corrected chi connectivity index (χ3v) is 3.65. The molecule has 0 aliphatic carbocycles. The van der Waals surface area contributed by atoms with Gasteiger partial charge in [-0.3, -0.25) is 0 Å². The summed E-state index contributed by atoms with van der Waals surface area (Å²) in [6.45, 7) is 4.40. The summed E-state index contributed by atoms with van der Waals surface area (Å²) in [6, 6.07) is 10.3. The standard InChI is InChI=1S/C18H21ClFNO2/c1-3-22-18-10-13(9-12(2)21)7-8-17(18)23-11-14-15(19)5-4-6-16(14)20/h4-8,10,12H,3,9,11,21H2,1-2H3. The van der Waals surface area contributed by atoms with Crippen LogP contribution in [-0.2, 0) is 13.0 Å². The fourth-order valence-electron chi connectivity index (χ4n) is 2.26. The van der Waals surface area contributed by atoms with E-state index in [0.29, 0.717) is 28.7 Å². The second kappa shape index (κ2) is 8.18. The first-order valence-electron chi connectivity index (χ1n) is 7.58. The van der Waals surface area contributed by atoms with Crippen molar-refractivity contribution in [2.45, 2.75) is 32.9 Å². The van der Waals surface area contributed by atoms with E-state index in [9.17, 15) is 4.39 Å². The van der Waals surface area contributed by atoms with Crippen LogP contribution in [0.15, 0.2) is 36.4 Å². The molecule has 0 saturated carbocycles. The summed E-state index contributed by atoms with van der Waals surface area (Å²) in [5, 5.41) is 0.344. The lowest BCUT2D eigenvalue weighted by atomic mass is 10.1. The van der Waals surface area contributed by atoms with Crippen molar-refractivity contribution in [3.63, 3.8) is 0 Å². The molecule has 0 amide bonds. The molecule has 0 heterocycles. The Bertz CT molecular complexity index is 641. The average Bonchev–Trinajstić information content (AvgIpc) is 2.48. The Balaban J connectivity index is 2.18. The van der Waals surface area contributed by atoms with Gasteiger partial charge in [0.2, 0.25) is 0 Å². The Morgan fingerprint density at radius 1 is 1.17 bits per heavy atom. The molecule has 2 aromatic carbocycles. The molecule has 0 spiro atoms. The molecule has 2 N–H and O–H groups in total. The number of hydrogen-bond donors (Lipinski definition) is 1. The second-order valence-electron chi connectivity index (χ2n) is 5.38. The maximum Gasteiger partial charge on any atom is 0.161 e. The van der Waals surface area contributed by atoms with E-state index in [-0.39, 0.29) is 18.5 Å². The van der Waals surface area contributed by atoms with E-state index in [1.54, 1.807) is 12.1 Å². The minimum atomic E-state index is -0.385. The highest BCUT2D eigenvalue weighted by atomic mass is 35.5. The van der Waals surface area contributed by atoms with Crippen LogP contribution in [-0.4, -0.2) is 12.6 Å². The summed E-state index contributed by atoms with van der Waals surface area (Å²) in [7, 11) is 0. The van der Waals surface area contributed by atoms with Crippen molar-refractivity contribution in [2.75, 3.05) is 6.61 Å². The maximum atomic E-state index is 13.8. The number of rotatable bonds is 7. The smallest absolute Gasteiger partial charge is 0.161 e. The van der Waals surface area contributed by atoms with E-state index in [1.807, 2.05) is 32.0 Å². The minimum Gasteiger partial charge on any atom is -0.490 e. The number of ether oxygens (including phenoxy) is 2. The monoisotopic (exact) mass is 337 g/mol. The second-order valence-corrected chi connectivity index (χ2v) is 5.79. The van der Waals surface area contributed by atoms with Gasteiger partial charge in [0.25, 0.3) is 0 Å². The average molecular weight is 338 g/mol. The van der Waals surface area contributed by atoms with Gasteiger partial charge in [0.1, 0.15) is 12.4 Å². The first-order valence-corrected chi connectivity index (χ1v) is 7.96. The molecule has 2 rings (SSSR count). The number of hydrogen-bond acceptors (Lipinski definition) is 3. The zero-order valence-corrected chi connectivity index (χ0v) is 14.1. The molecule has 23 heavy (non-hydrogen) atoms. The van der Waals surface area contributed by atoms with Crippen molar-refractivity contribution in [1.82, 2.24) is 0 Å². The Labute approximate surface area is 141 Å². The van der Waals surface area contributed by atoms with Crippen LogP contribution in [0.5, 0.6) is 11.5 Å². The lowest BCUT2D eigenvalue weighted by molar-refractivity contribution is 0.265. The third kappa shape index (κ3) is 4.85. The molecule has 0 aliphatic rings. The highest BCUT2D eigenvalue weighted by Gasteiger charge is 2.11. The largest absolute Gasteiger partial charge is 0.490 e. The summed E-state index contributed by atoms with van der Waals surface area (Å²) >= 11 is 6.01. The first-order chi connectivity index (χ1) is 11.0. The van der Waals surface area contributed by atoms with Crippen LogP contribution >= 0.6 is 11.6 Å². The van der Waals surface area contributed by atoms with E-state index in [1.165, 1.54) is 6.07 Å². The van der Waals surface area contributed by atoms with E-state index in [2.05, 4.69) is 0 Å². The van der Waals surface area contributed by atoms with Gasteiger partial charge in [-0.25, -0.2) is 4.39 Å². The zero-order chi connectivity index (χ0) is 16.8. The number of halogens is 2. The first kappa shape index (κ1) is 17.6. The lowest BCUT2D eigenvalue weighted by Crippen LogP contribution is -2.17. The SMILES string of the molecule is CCOc1cc(CC(C)N)ccc1OCc1c(F)cccc1Cl. The van der Waals surface area contributed by atoms with Gasteiger partial charge >= 0.3 is 0 Å². The van der Waals surface area contributed by atoms with Gasteiger partial charge in [0.15, 0.2) is 11.5 Å². The highest BCUT2D eigenvalue weighted by Crippen LogP contribution is 2.30. The van der Waals surface area contributed by atoms with Crippen LogP contribution in [0.1, 0.15) is 25.0 Å². The van der Waals surface area contributed by atoms with E-state index in [4.69, 9.17) is 26.8 Å². The van der Waals surface area contributed by atoms with Crippen molar-refractivity contribution in [2.24, 2.45) is 5.73 Å². The molecule has 0 fully saturated rings. The molecule has 0 saturated heterocycles. The number of nitrogens with two attached hydrogens (primary N) is 1. The van der Waals surface area contributed by atoms with Crippen LogP contribution < -0.4 is 15.2 Å². The molecule has 0 bridgehead atoms. The Morgan fingerprint density at radius 2 is 1.96 bits per heavy atom. The molecular weight excluding hydrogens is 317 g/mol. The van der Waals surface area contributed by atoms with Crippen LogP contribution in [0.25, 0.3) is 0 Å². The predicted octanol–water partition coefficient (Wildman–Crippen LogP) is 4.35. The quantitative estimate of drug-likeness (QED) is 0.817. The molecular formula is C18H21ClFNO2. The van der Waals surface area contributed by atoms with Crippen LogP contribution in [0, 0.1) is 5.82 Å². The summed E-state index contributed by atoms with van der Waals surface area (Å²) in [4.78, 5) is 0. The number of benzene rings is 2. The van der Waals surface area contributed by atoms with Gasteiger partial charge in [0, 0.05) is 11.6 Å². The highest BCUT2D eigenvalue weighted by molar-refractivity contribution is 6.31. The van der Waals surface area contributed by atoms with Gasteiger partial charge in [0.05, 0.1) is 11.6 Å². The molecule has 0 aromatic heterocycles. The van der Waals surface area contributed by atoms with Gasteiger partial charge in [-0.15, -0.1) is 0 Å². The van der Waals surface area contributed by atoms with Gasteiger partial charge in [-0.2, -0.15) is 0 Å². The fraction of sp³-hybridized carbons (Fsp3) is 0.333. The molecule has 1 atom stereocenters. The molecule has 3 nitrogen and oxygen atoms in total. The Kier molecular flexibility index (Phi) is 6.25. The summed E-state index contributed by atoms with van der Waals surface area (Å²) in [5.74, 6) is 0.793. The van der Waals surface area contributed by atoms with Crippen molar-refractivity contribution >= 4 is 11.6 Å². The van der Waals surface area contributed by atoms with Crippen LogP contribution in [0.4, 0.5) is 4.39 Å². The fourth-order valence-corrected chi connectivity index (χ4v) is 2.48. The summed E-state index contributed by atoms with van der Waals surface area (Å²) < 4.78 is 25.1. The Morgan fingerprint density at radius 3 is 2.61 bits per heavy atom. The maximum absolute atomic E-state index is 13.8. The lowest BCUT2D eigenvalue weighted by Gasteiger charge is -2.15. The normalized spacial score (nSPS) is 12.0. The summed E-state index contributed by atoms with van der Waals surface area (Å²) in [6.07, 6.45) is 0.749. The molecule has 1 unspecified atom stereocenters. The molecule has 124 valence electrons. The molecule has 0 aliphatic heterocycles. The van der Waals surface area contributed by atoms with Crippen molar-refractivity contribution in [3.8, 4) is 11.5 Å². The predicted molar refractivity (Wildman–Crippen MR) is 90.7 cm³/mol. The topological polar surface area (TPSA) is 44.5 Å². The molecule has 5 heteroatoms. The van der Waals surface area contributed by atoms with Gasteiger partial charge in [-0.05, 0) is 50.1 Å². The van der Waals surface area contributed by atoms with E-state index < -0.39 is 0 Å². The summed E-state index contributed by atoms with van der Waals surface area (Å²) in [5.41, 5.74) is 7.23. The van der Waals surface area contributed by atoms with E-state index in [0.717, 1.165) is 12.0 Å². The third-order valence-electron chi connectivity index (χ3n) is 3.30. The van der Waals surface area contributed by atoms with Crippen molar-refractivity contribution in [1.29, 1.82) is 0 Å². The van der Waals surface area contributed by atoms with Crippen molar-refractivity contribution < 1.29 is 13.9 Å². The van der Waals surface area contributed by atoms with Crippen LogP contribution in [0.3, 0.4) is 0 Å². The zero-order valence-electron chi connectivity index (χ0n) is 13.3. The van der Waals surface area contributed by atoms with Crippen LogP contribution in [0.2, 0.25) is 5.02 Å². The van der Waals surface area contributed by atoms with Crippen molar-refractivity contribution in [3.05, 3.63) is 58.4 Å². The van der Waals surface area contributed by atoms with Gasteiger partial charge in [-0.1, -0.05) is 23.7 Å².